The molecule has 0 amide bonds. The Morgan fingerprint density at radius 2 is 1.96 bits per heavy atom. The number of hydrogen-bond donors (Lipinski definition) is 2. The van der Waals surface area contributed by atoms with E-state index in [1.54, 1.807) is 14.2 Å². The first-order valence-electron chi connectivity index (χ1n) is 8.74. The smallest absolute Gasteiger partial charge is 0.191 e. The Bertz CT molecular complexity index is 755. The first kappa shape index (κ1) is 21.1. The molecule has 1 aliphatic heterocycles. The molecule has 0 fully saturated rings. The van der Waals surface area contributed by atoms with Crippen molar-refractivity contribution in [2.75, 3.05) is 33.9 Å². The zero-order chi connectivity index (χ0) is 18.2. The Labute approximate surface area is 177 Å². The third-order valence-electron chi connectivity index (χ3n) is 4.13. The van der Waals surface area contributed by atoms with Gasteiger partial charge in [0, 0.05) is 13.6 Å². The van der Waals surface area contributed by atoms with Gasteiger partial charge in [-0.05, 0) is 36.2 Å². The molecular weight excluding hydrogens is 457 g/mol. The molecular formula is C20H26IN3O3. The summed E-state index contributed by atoms with van der Waals surface area (Å²) in [6, 6.07) is 15.8. The Morgan fingerprint density at radius 1 is 1.15 bits per heavy atom. The van der Waals surface area contributed by atoms with Gasteiger partial charge < -0.3 is 24.8 Å². The van der Waals surface area contributed by atoms with Crippen molar-refractivity contribution >= 4 is 29.9 Å². The largest absolute Gasteiger partial charge is 0.497 e. The van der Waals surface area contributed by atoms with Crippen LogP contribution in [0.3, 0.4) is 0 Å². The molecule has 1 atom stereocenters. The predicted octanol–water partition coefficient (Wildman–Crippen LogP) is 2.86. The van der Waals surface area contributed by atoms with E-state index in [2.05, 4.69) is 21.7 Å². The maximum absolute atomic E-state index is 5.94. The van der Waals surface area contributed by atoms with Crippen LogP contribution in [0.2, 0.25) is 0 Å². The molecule has 1 unspecified atom stereocenters. The Hall–Kier alpha value is -2.16. The lowest BCUT2D eigenvalue weighted by molar-refractivity contribution is 0.0936. The number of benzene rings is 2. The molecule has 2 N–H and O–H groups in total. The number of methoxy groups -OCH3 is 1. The number of fused-ring (bicyclic) bond motifs is 1. The van der Waals surface area contributed by atoms with Gasteiger partial charge in [0.15, 0.2) is 17.5 Å². The van der Waals surface area contributed by atoms with Crippen LogP contribution in [0.4, 0.5) is 0 Å². The highest BCUT2D eigenvalue weighted by molar-refractivity contribution is 14.0. The van der Waals surface area contributed by atoms with Crippen molar-refractivity contribution in [2.24, 2.45) is 4.99 Å². The molecule has 27 heavy (non-hydrogen) atoms. The summed E-state index contributed by atoms with van der Waals surface area (Å²) >= 11 is 0. The van der Waals surface area contributed by atoms with Crippen LogP contribution in [0.1, 0.15) is 5.56 Å². The Morgan fingerprint density at radius 3 is 2.74 bits per heavy atom. The van der Waals surface area contributed by atoms with E-state index in [0.29, 0.717) is 13.2 Å². The highest BCUT2D eigenvalue weighted by Crippen LogP contribution is 2.30. The zero-order valence-corrected chi connectivity index (χ0v) is 17.9. The summed E-state index contributed by atoms with van der Waals surface area (Å²) in [5, 5.41) is 6.60. The van der Waals surface area contributed by atoms with Gasteiger partial charge in [-0.1, -0.05) is 24.3 Å². The van der Waals surface area contributed by atoms with Crippen molar-refractivity contribution in [3.63, 3.8) is 0 Å². The Balaban J connectivity index is 0.00000261. The fourth-order valence-corrected chi connectivity index (χ4v) is 2.75. The monoisotopic (exact) mass is 483 g/mol. The lowest BCUT2D eigenvalue weighted by atomic mass is 10.1. The van der Waals surface area contributed by atoms with Gasteiger partial charge in [0.1, 0.15) is 18.5 Å². The highest BCUT2D eigenvalue weighted by atomic mass is 127. The van der Waals surface area contributed by atoms with E-state index in [1.165, 1.54) is 5.56 Å². The normalized spacial score (nSPS) is 15.5. The molecule has 2 aromatic carbocycles. The zero-order valence-electron chi connectivity index (χ0n) is 15.6. The van der Waals surface area contributed by atoms with Crippen molar-refractivity contribution in [3.05, 3.63) is 54.1 Å². The number of guanidine groups is 1. The summed E-state index contributed by atoms with van der Waals surface area (Å²) in [6.07, 6.45) is 0.829. The molecule has 7 heteroatoms. The molecule has 0 radical (unpaired) electrons. The minimum atomic E-state index is -0.0539. The van der Waals surface area contributed by atoms with Crippen LogP contribution in [0.5, 0.6) is 17.2 Å². The number of para-hydroxylation sites is 2. The van der Waals surface area contributed by atoms with Crippen LogP contribution in [-0.2, 0) is 6.42 Å². The number of hydrogen-bond acceptors (Lipinski definition) is 4. The third kappa shape index (κ3) is 6.20. The standard InChI is InChI=1S/C20H25N3O3.HI/c1-21-20(22-11-10-15-6-5-7-16(12-15)24-2)23-13-17-14-25-18-8-3-4-9-19(18)26-17;/h3-9,12,17H,10-11,13-14H2,1-2H3,(H2,21,22,23);1H. The number of halogens is 1. The molecule has 146 valence electrons. The van der Waals surface area contributed by atoms with E-state index in [4.69, 9.17) is 14.2 Å². The number of nitrogens with one attached hydrogen (secondary N) is 2. The van der Waals surface area contributed by atoms with Crippen LogP contribution >= 0.6 is 24.0 Å². The predicted molar refractivity (Wildman–Crippen MR) is 118 cm³/mol. The van der Waals surface area contributed by atoms with Gasteiger partial charge in [0.2, 0.25) is 0 Å². The van der Waals surface area contributed by atoms with Crippen LogP contribution in [0.15, 0.2) is 53.5 Å². The molecule has 0 saturated heterocycles. The minimum absolute atomic E-state index is 0. The second-order valence-corrected chi connectivity index (χ2v) is 5.98. The second kappa shape index (κ2) is 10.9. The minimum Gasteiger partial charge on any atom is -0.497 e. The van der Waals surface area contributed by atoms with Crippen LogP contribution < -0.4 is 24.8 Å². The van der Waals surface area contributed by atoms with Crippen molar-refractivity contribution in [1.82, 2.24) is 10.6 Å². The summed E-state index contributed by atoms with van der Waals surface area (Å²) in [6.45, 7) is 1.91. The molecule has 2 aromatic rings. The summed E-state index contributed by atoms with van der Waals surface area (Å²) in [4.78, 5) is 4.26. The van der Waals surface area contributed by atoms with Gasteiger partial charge >= 0.3 is 0 Å². The van der Waals surface area contributed by atoms with Gasteiger partial charge in [-0.15, -0.1) is 24.0 Å². The van der Waals surface area contributed by atoms with Gasteiger partial charge in [0.25, 0.3) is 0 Å². The molecule has 0 spiro atoms. The number of nitrogens with zero attached hydrogens (tertiary/aromatic N) is 1. The van der Waals surface area contributed by atoms with Crippen molar-refractivity contribution < 1.29 is 14.2 Å². The summed E-state index contributed by atoms with van der Waals surface area (Å²) < 4.78 is 16.9. The van der Waals surface area contributed by atoms with E-state index in [0.717, 1.165) is 36.2 Å². The molecule has 3 rings (SSSR count). The van der Waals surface area contributed by atoms with E-state index < -0.39 is 0 Å². The average molecular weight is 483 g/mol. The van der Waals surface area contributed by atoms with Gasteiger partial charge in [-0.3, -0.25) is 4.99 Å². The second-order valence-electron chi connectivity index (χ2n) is 5.98. The molecule has 6 nitrogen and oxygen atoms in total. The van der Waals surface area contributed by atoms with Gasteiger partial charge in [-0.2, -0.15) is 0 Å². The lowest BCUT2D eigenvalue weighted by Crippen LogP contribution is -2.45. The van der Waals surface area contributed by atoms with E-state index in [1.807, 2.05) is 42.5 Å². The summed E-state index contributed by atoms with van der Waals surface area (Å²) in [5.41, 5.74) is 1.22. The average Bonchev–Trinajstić information content (AvgIpc) is 2.70. The lowest BCUT2D eigenvalue weighted by Gasteiger charge is -2.27. The number of rotatable bonds is 6. The highest BCUT2D eigenvalue weighted by Gasteiger charge is 2.20. The molecule has 0 bridgehead atoms. The fraction of sp³-hybridized carbons (Fsp3) is 0.350. The van der Waals surface area contributed by atoms with Gasteiger partial charge in [0.05, 0.1) is 13.7 Å². The number of ether oxygens (including phenoxy) is 3. The van der Waals surface area contributed by atoms with Crippen molar-refractivity contribution in [1.29, 1.82) is 0 Å². The fourth-order valence-electron chi connectivity index (χ4n) is 2.75. The van der Waals surface area contributed by atoms with Crippen LogP contribution in [0.25, 0.3) is 0 Å². The SMILES string of the molecule is CN=C(NCCc1cccc(OC)c1)NCC1COc2ccccc2O1.I. The quantitative estimate of drug-likeness (QED) is 0.376. The van der Waals surface area contributed by atoms with Crippen molar-refractivity contribution in [3.8, 4) is 17.2 Å². The first-order valence-corrected chi connectivity index (χ1v) is 8.74. The molecule has 1 heterocycles. The maximum Gasteiger partial charge on any atom is 0.191 e. The van der Waals surface area contributed by atoms with Crippen LogP contribution in [0, 0.1) is 0 Å². The molecule has 0 saturated carbocycles. The van der Waals surface area contributed by atoms with E-state index in [9.17, 15) is 0 Å². The first-order chi connectivity index (χ1) is 12.8. The molecule has 0 aromatic heterocycles. The molecule has 0 aliphatic carbocycles. The summed E-state index contributed by atoms with van der Waals surface area (Å²) in [5.74, 6) is 3.20. The van der Waals surface area contributed by atoms with E-state index in [-0.39, 0.29) is 30.1 Å². The molecule has 1 aliphatic rings. The van der Waals surface area contributed by atoms with Gasteiger partial charge in [-0.25, -0.2) is 0 Å². The van der Waals surface area contributed by atoms with Crippen molar-refractivity contribution in [2.45, 2.75) is 12.5 Å². The van der Waals surface area contributed by atoms with E-state index >= 15 is 0 Å². The number of aliphatic imine (C=N–C) groups is 1. The maximum atomic E-state index is 5.94. The third-order valence-corrected chi connectivity index (χ3v) is 4.13. The Kier molecular flexibility index (Phi) is 8.50. The topological polar surface area (TPSA) is 64.1 Å². The summed E-state index contributed by atoms with van der Waals surface area (Å²) in [7, 11) is 3.44. The van der Waals surface area contributed by atoms with Crippen LogP contribution in [-0.4, -0.2) is 45.9 Å².